The van der Waals surface area contributed by atoms with Gasteiger partial charge in [-0.25, -0.2) is 4.79 Å². The highest BCUT2D eigenvalue weighted by Crippen LogP contribution is 2.61. The Kier molecular flexibility index (Phi) is 5.70. The van der Waals surface area contributed by atoms with Gasteiger partial charge in [0.05, 0.1) is 12.7 Å². The molecule has 1 aromatic carbocycles. The monoisotopic (exact) mass is 440 g/mol. The summed E-state index contributed by atoms with van der Waals surface area (Å²) in [7, 11) is 0. The summed E-state index contributed by atoms with van der Waals surface area (Å²) in [6, 6.07) is 8.59. The highest BCUT2D eigenvalue weighted by atomic mass is 16.5. The van der Waals surface area contributed by atoms with Gasteiger partial charge in [0.2, 0.25) is 0 Å². The smallest absolute Gasteiger partial charge is 0.336 e. The summed E-state index contributed by atoms with van der Waals surface area (Å²) in [6.07, 6.45) is 1.24. The lowest BCUT2D eigenvalue weighted by atomic mass is 9.46. The molecule has 5 atom stereocenters. The van der Waals surface area contributed by atoms with Crippen molar-refractivity contribution < 1.29 is 23.8 Å². The van der Waals surface area contributed by atoms with Crippen LogP contribution in [0.15, 0.2) is 51.7 Å². The zero-order valence-corrected chi connectivity index (χ0v) is 19.2. The van der Waals surface area contributed by atoms with E-state index in [1.165, 1.54) is 13.0 Å². The van der Waals surface area contributed by atoms with Crippen LogP contribution < -0.4 is 10.4 Å². The number of esters is 1. The number of hydrogen-bond acceptors (Lipinski definition) is 6. The fourth-order valence-corrected chi connectivity index (χ4v) is 6.25. The van der Waals surface area contributed by atoms with Gasteiger partial charge in [-0.3, -0.25) is 4.79 Å². The lowest BCUT2D eigenvalue weighted by molar-refractivity contribution is -0.191. The van der Waals surface area contributed by atoms with Crippen molar-refractivity contribution in [1.29, 1.82) is 0 Å². The Morgan fingerprint density at radius 2 is 1.97 bits per heavy atom. The minimum atomic E-state index is -0.463. The fourth-order valence-electron chi connectivity index (χ4n) is 6.25. The average molecular weight is 441 g/mol. The van der Waals surface area contributed by atoms with Gasteiger partial charge in [0, 0.05) is 42.7 Å². The molecule has 0 spiro atoms. The second-order valence-electron chi connectivity index (χ2n) is 10.2. The van der Waals surface area contributed by atoms with E-state index < -0.39 is 17.1 Å². The van der Waals surface area contributed by atoms with Crippen LogP contribution in [0.4, 0.5) is 0 Å². The molecule has 1 N–H and O–H groups in total. The van der Waals surface area contributed by atoms with Gasteiger partial charge in [0.1, 0.15) is 17.4 Å². The first kappa shape index (κ1) is 22.6. The molecule has 6 nitrogen and oxygen atoms in total. The molecule has 2 aromatic rings. The Morgan fingerprint density at radius 3 is 2.69 bits per heavy atom. The summed E-state index contributed by atoms with van der Waals surface area (Å²) in [6.45, 7) is 12.5. The number of aliphatic hydroxyl groups is 1. The van der Waals surface area contributed by atoms with Crippen LogP contribution in [-0.2, 0) is 9.53 Å². The predicted molar refractivity (Wildman–Crippen MR) is 121 cm³/mol. The van der Waals surface area contributed by atoms with Crippen molar-refractivity contribution in [2.24, 2.45) is 22.7 Å². The molecule has 0 unspecified atom stereocenters. The first-order chi connectivity index (χ1) is 15.0. The zero-order valence-electron chi connectivity index (χ0n) is 19.2. The van der Waals surface area contributed by atoms with Gasteiger partial charge in [-0.1, -0.05) is 32.9 Å². The lowest BCUT2D eigenvalue weighted by Gasteiger charge is -2.61. The minimum absolute atomic E-state index is 0.0311. The maximum absolute atomic E-state index is 11.8. The summed E-state index contributed by atoms with van der Waals surface area (Å²) in [5, 5.41) is 11.6. The number of benzene rings is 1. The molecule has 0 aliphatic heterocycles. The third-order valence-electron chi connectivity index (χ3n) is 7.78. The van der Waals surface area contributed by atoms with Gasteiger partial charge in [-0.2, -0.15) is 0 Å². The molecule has 2 aliphatic carbocycles. The van der Waals surface area contributed by atoms with E-state index in [1.54, 1.807) is 12.1 Å². The van der Waals surface area contributed by atoms with Crippen LogP contribution in [0.1, 0.15) is 47.0 Å². The molecular formula is C26H32O6. The first-order valence-electron chi connectivity index (χ1n) is 11.2. The van der Waals surface area contributed by atoms with Crippen molar-refractivity contribution in [1.82, 2.24) is 0 Å². The summed E-state index contributed by atoms with van der Waals surface area (Å²) >= 11 is 0. The van der Waals surface area contributed by atoms with Crippen molar-refractivity contribution in [3.8, 4) is 5.75 Å². The molecule has 0 saturated heterocycles. The Labute approximate surface area is 188 Å². The van der Waals surface area contributed by atoms with Gasteiger partial charge >= 0.3 is 11.6 Å². The number of carbonyl (C=O) groups excluding carboxylic acids is 1. The SMILES string of the molecule is C=C1C[C@H](OC(C)=O)[C@@H]2C(C)(C)[C@H](O)CC[C@@]2(C)[C@@H]1COc1ccc2ccc(=O)oc2c1. The number of fused-ring (bicyclic) bond motifs is 2. The third kappa shape index (κ3) is 3.85. The number of aliphatic hydroxyl groups excluding tert-OH is 1. The molecule has 4 rings (SSSR count). The molecule has 1 aromatic heterocycles. The summed E-state index contributed by atoms with van der Waals surface area (Å²) in [5.74, 6) is 0.311. The predicted octanol–water partition coefficient (Wildman–Crippen LogP) is 4.48. The Balaban J connectivity index is 1.63. The van der Waals surface area contributed by atoms with E-state index in [4.69, 9.17) is 13.9 Å². The number of carbonyl (C=O) groups is 1. The number of ether oxygens (including phenoxy) is 2. The number of hydrogen-bond donors (Lipinski definition) is 1. The normalized spacial score (nSPS) is 31.7. The highest BCUT2D eigenvalue weighted by molar-refractivity contribution is 5.77. The maximum atomic E-state index is 11.8. The molecule has 6 heteroatoms. The highest BCUT2D eigenvalue weighted by Gasteiger charge is 2.60. The van der Waals surface area contributed by atoms with Crippen molar-refractivity contribution >= 4 is 16.9 Å². The van der Waals surface area contributed by atoms with Crippen LogP contribution in [0.2, 0.25) is 0 Å². The second-order valence-corrected chi connectivity index (χ2v) is 10.2. The largest absolute Gasteiger partial charge is 0.493 e. The van der Waals surface area contributed by atoms with Crippen LogP contribution in [0.25, 0.3) is 11.0 Å². The van der Waals surface area contributed by atoms with E-state index in [-0.39, 0.29) is 29.3 Å². The third-order valence-corrected chi connectivity index (χ3v) is 7.78. The Morgan fingerprint density at radius 1 is 1.25 bits per heavy atom. The van der Waals surface area contributed by atoms with Crippen LogP contribution in [0.3, 0.4) is 0 Å². The molecule has 2 saturated carbocycles. The van der Waals surface area contributed by atoms with Crippen molar-refractivity contribution in [3.05, 3.63) is 52.9 Å². The average Bonchev–Trinajstić information content (AvgIpc) is 2.69. The van der Waals surface area contributed by atoms with E-state index in [9.17, 15) is 14.7 Å². The quantitative estimate of drug-likeness (QED) is 0.429. The summed E-state index contributed by atoms with van der Waals surface area (Å²) in [5.41, 5.74) is 0.415. The zero-order chi connectivity index (χ0) is 23.3. The molecule has 2 fully saturated rings. The first-order valence-corrected chi connectivity index (χ1v) is 11.2. The second kappa shape index (κ2) is 8.07. The van der Waals surface area contributed by atoms with Gasteiger partial charge < -0.3 is 19.0 Å². The summed E-state index contributed by atoms with van der Waals surface area (Å²) < 4.78 is 17.2. The Bertz CT molecular complexity index is 1100. The van der Waals surface area contributed by atoms with E-state index in [0.29, 0.717) is 30.8 Å². The van der Waals surface area contributed by atoms with Gasteiger partial charge in [0.15, 0.2) is 0 Å². The van der Waals surface area contributed by atoms with Crippen LogP contribution in [-0.4, -0.2) is 29.9 Å². The van der Waals surface area contributed by atoms with E-state index in [2.05, 4.69) is 27.4 Å². The van der Waals surface area contributed by atoms with Crippen molar-refractivity contribution in [2.45, 2.75) is 59.2 Å². The van der Waals surface area contributed by atoms with E-state index in [1.807, 2.05) is 12.1 Å². The molecule has 2 aliphatic rings. The molecular weight excluding hydrogens is 408 g/mol. The topological polar surface area (TPSA) is 86.0 Å². The van der Waals surface area contributed by atoms with Crippen LogP contribution in [0.5, 0.6) is 5.75 Å². The standard InChI is InChI=1S/C26H32O6/c1-15-12-21(31-16(2)27)24-25(3,4)22(28)10-11-26(24,5)19(15)14-30-18-8-6-17-7-9-23(29)32-20(17)13-18/h6-9,13,19,21-22,24,28H,1,10-12,14H2,2-5H3/t19-,21+,22-,24-,26+/m1/s1. The maximum Gasteiger partial charge on any atom is 0.336 e. The molecule has 172 valence electrons. The summed E-state index contributed by atoms with van der Waals surface area (Å²) in [4.78, 5) is 23.4. The molecule has 1 heterocycles. The number of rotatable bonds is 4. The Hall–Kier alpha value is -2.60. The van der Waals surface area contributed by atoms with Gasteiger partial charge in [-0.05, 0) is 41.9 Å². The van der Waals surface area contributed by atoms with E-state index >= 15 is 0 Å². The van der Waals surface area contributed by atoms with Crippen LogP contribution >= 0.6 is 0 Å². The van der Waals surface area contributed by atoms with Crippen molar-refractivity contribution in [2.75, 3.05) is 6.61 Å². The minimum Gasteiger partial charge on any atom is -0.493 e. The molecule has 0 radical (unpaired) electrons. The van der Waals surface area contributed by atoms with Gasteiger partial charge in [0.25, 0.3) is 0 Å². The molecule has 0 bridgehead atoms. The van der Waals surface area contributed by atoms with E-state index in [0.717, 1.165) is 17.4 Å². The molecule has 0 amide bonds. The fraction of sp³-hybridized carbons (Fsp3) is 0.538. The van der Waals surface area contributed by atoms with Crippen LogP contribution in [0, 0.1) is 22.7 Å². The lowest BCUT2D eigenvalue weighted by Crippen LogP contribution is -2.61. The van der Waals surface area contributed by atoms with Gasteiger partial charge in [-0.15, -0.1) is 0 Å². The van der Waals surface area contributed by atoms with Crippen molar-refractivity contribution in [3.63, 3.8) is 0 Å². The molecule has 32 heavy (non-hydrogen) atoms.